The van der Waals surface area contributed by atoms with E-state index in [1.54, 1.807) is 12.1 Å². The van der Waals surface area contributed by atoms with Crippen LogP contribution in [0.3, 0.4) is 0 Å². The molecule has 12 heteroatoms. The van der Waals surface area contributed by atoms with Crippen molar-refractivity contribution in [2.24, 2.45) is 11.3 Å². The summed E-state index contributed by atoms with van der Waals surface area (Å²) in [6.07, 6.45) is -1.02. The van der Waals surface area contributed by atoms with Gasteiger partial charge in [-0.25, -0.2) is 13.2 Å². The first kappa shape index (κ1) is 34.1. The first-order valence-electron chi connectivity index (χ1n) is 15.1. The number of aliphatic hydroxyl groups excluding tert-OH is 1. The van der Waals surface area contributed by atoms with E-state index < -0.39 is 39.8 Å². The molecule has 4 rings (SSSR count). The number of amides is 1. The van der Waals surface area contributed by atoms with E-state index in [4.69, 9.17) is 18.9 Å². The van der Waals surface area contributed by atoms with Crippen molar-refractivity contribution in [3.05, 3.63) is 60.2 Å². The van der Waals surface area contributed by atoms with Gasteiger partial charge in [-0.1, -0.05) is 44.2 Å². The summed E-state index contributed by atoms with van der Waals surface area (Å²) in [5.41, 5.74) is 0.467. The van der Waals surface area contributed by atoms with Crippen LogP contribution in [0.4, 0.5) is 4.79 Å². The Morgan fingerprint density at radius 3 is 2.48 bits per heavy atom. The molecule has 0 unspecified atom stereocenters. The van der Waals surface area contributed by atoms with E-state index in [-0.39, 0.29) is 43.2 Å². The highest BCUT2D eigenvalue weighted by molar-refractivity contribution is 7.89. The van der Waals surface area contributed by atoms with Crippen molar-refractivity contribution in [3.8, 4) is 5.75 Å². The van der Waals surface area contributed by atoms with Crippen LogP contribution in [-0.4, -0.2) is 107 Å². The van der Waals surface area contributed by atoms with Gasteiger partial charge < -0.3 is 34.3 Å². The van der Waals surface area contributed by atoms with Gasteiger partial charge in [-0.3, -0.25) is 0 Å². The normalized spacial score (nSPS) is 21.7. The zero-order valence-corrected chi connectivity index (χ0v) is 27.2. The molecule has 11 nitrogen and oxygen atoms in total. The zero-order valence-electron chi connectivity index (χ0n) is 26.3. The molecule has 0 aliphatic carbocycles. The standard InChI is InChI=1S/C32H47N3O8S/c1-32(2,16-17-34(3)4)22-35(44(38,39)25-13-11-24(40-5)12-14-25)20-28(36)27(19-23-9-7-6-8-10-23)33-31(37)43-29-21-42-30-26(29)15-18-41-30/h6-14,26-30,36H,15-22H2,1-5H3,(H,33,37)/t26-,27-,28+,29-,30+/m0/s1. The van der Waals surface area contributed by atoms with Crippen molar-refractivity contribution in [2.75, 3.05) is 54.1 Å². The average molecular weight is 634 g/mol. The third kappa shape index (κ3) is 9.15. The maximum Gasteiger partial charge on any atom is 0.407 e. The van der Waals surface area contributed by atoms with Crippen LogP contribution in [0.15, 0.2) is 59.5 Å². The van der Waals surface area contributed by atoms with E-state index in [0.717, 1.165) is 24.9 Å². The Morgan fingerprint density at radius 2 is 1.82 bits per heavy atom. The second-order valence-corrected chi connectivity index (χ2v) is 14.6. The van der Waals surface area contributed by atoms with E-state index in [9.17, 15) is 18.3 Å². The summed E-state index contributed by atoms with van der Waals surface area (Å²) < 4.78 is 51.5. The third-order valence-electron chi connectivity index (χ3n) is 8.24. The number of nitrogens with one attached hydrogen (secondary N) is 1. The Labute approximate surface area is 261 Å². The fourth-order valence-electron chi connectivity index (χ4n) is 5.58. The molecular weight excluding hydrogens is 586 g/mol. The van der Waals surface area contributed by atoms with E-state index in [2.05, 4.69) is 10.2 Å². The lowest BCUT2D eigenvalue weighted by Gasteiger charge is -2.35. The summed E-state index contributed by atoms with van der Waals surface area (Å²) >= 11 is 0. The predicted molar refractivity (Wildman–Crippen MR) is 166 cm³/mol. The van der Waals surface area contributed by atoms with Gasteiger partial charge in [0, 0.05) is 13.1 Å². The number of sulfonamides is 1. The molecule has 5 atom stereocenters. The SMILES string of the molecule is COc1ccc(S(=O)(=O)N(C[C@@H](O)[C@H](Cc2ccccc2)NC(=O)O[C@H]2CO[C@H]3OCC[C@H]32)CC(C)(C)CCN(C)C)cc1. The lowest BCUT2D eigenvalue weighted by molar-refractivity contribution is -0.0907. The van der Waals surface area contributed by atoms with Crippen LogP contribution in [0.1, 0.15) is 32.3 Å². The summed E-state index contributed by atoms with van der Waals surface area (Å²) in [7, 11) is 1.44. The predicted octanol–water partition coefficient (Wildman–Crippen LogP) is 3.12. The molecule has 2 N–H and O–H groups in total. The molecule has 0 bridgehead atoms. The molecule has 2 aromatic rings. The van der Waals surface area contributed by atoms with Gasteiger partial charge in [0.25, 0.3) is 0 Å². The smallest absolute Gasteiger partial charge is 0.407 e. The molecule has 2 fully saturated rings. The van der Waals surface area contributed by atoms with Gasteiger partial charge in [0.05, 0.1) is 43.3 Å². The van der Waals surface area contributed by atoms with E-state index in [1.165, 1.54) is 23.5 Å². The number of hydrogen-bond acceptors (Lipinski definition) is 9. The van der Waals surface area contributed by atoms with Crippen molar-refractivity contribution >= 4 is 16.1 Å². The number of nitrogens with zero attached hydrogens (tertiary/aromatic N) is 2. The second kappa shape index (κ2) is 15.0. The minimum Gasteiger partial charge on any atom is -0.497 e. The number of rotatable bonds is 15. The Morgan fingerprint density at radius 1 is 1.11 bits per heavy atom. The molecule has 2 heterocycles. The summed E-state index contributed by atoms with van der Waals surface area (Å²) in [5.74, 6) is 0.503. The number of fused-ring (bicyclic) bond motifs is 1. The third-order valence-corrected chi connectivity index (χ3v) is 10.1. The number of ether oxygens (including phenoxy) is 4. The molecule has 0 spiro atoms. The lowest BCUT2D eigenvalue weighted by atomic mass is 9.89. The second-order valence-electron chi connectivity index (χ2n) is 12.7. The highest BCUT2D eigenvalue weighted by atomic mass is 32.2. The monoisotopic (exact) mass is 633 g/mol. The summed E-state index contributed by atoms with van der Waals surface area (Å²) in [6.45, 7) is 5.52. The van der Waals surface area contributed by atoms with Gasteiger partial charge in [-0.2, -0.15) is 4.31 Å². The molecular formula is C32H47N3O8S. The first-order valence-corrected chi connectivity index (χ1v) is 16.5. The minimum atomic E-state index is -4.03. The zero-order chi connectivity index (χ0) is 31.9. The number of methoxy groups -OCH3 is 1. The number of carbonyl (C=O) groups excluding carboxylic acids is 1. The quantitative estimate of drug-likeness (QED) is 0.304. The van der Waals surface area contributed by atoms with Crippen LogP contribution in [-0.2, 0) is 30.7 Å². The molecule has 44 heavy (non-hydrogen) atoms. The number of alkyl carbamates (subject to hydrolysis) is 1. The first-order chi connectivity index (χ1) is 20.9. The number of carbonyl (C=O) groups is 1. The van der Waals surface area contributed by atoms with E-state index in [0.29, 0.717) is 12.4 Å². The average Bonchev–Trinajstić information content (AvgIpc) is 3.61. The molecule has 0 aromatic heterocycles. The minimum absolute atomic E-state index is 0.0345. The summed E-state index contributed by atoms with van der Waals surface area (Å²) in [5, 5.41) is 14.5. The van der Waals surface area contributed by atoms with Crippen molar-refractivity contribution in [1.29, 1.82) is 0 Å². The van der Waals surface area contributed by atoms with Crippen LogP contribution < -0.4 is 10.1 Å². The maximum absolute atomic E-state index is 14.0. The highest BCUT2D eigenvalue weighted by Gasteiger charge is 2.44. The fourth-order valence-corrected chi connectivity index (χ4v) is 7.23. The molecule has 2 saturated heterocycles. The van der Waals surface area contributed by atoms with Crippen LogP contribution in [0, 0.1) is 11.3 Å². The Hall–Kier alpha value is -2.74. The maximum atomic E-state index is 14.0. The van der Waals surface area contributed by atoms with Gasteiger partial charge in [-0.05, 0) is 75.1 Å². The number of benzene rings is 2. The van der Waals surface area contributed by atoms with E-state index >= 15 is 0 Å². The highest BCUT2D eigenvalue weighted by Crippen LogP contribution is 2.33. The van der Waals surface area contributed by atoms with Crippen molar-refractivity contribution < 1.29 is 37.3 Å². The molecule has 1 amide bonds. The van der Waals surface area contributed by atoms with Gasteiger partial charge in [0.2, 0.25) is 10.0 Å². The number of aliphatic hydroxyl groups is 1. The molecule has 2 aliphatic rings. The molecule has 2 aliphatic heterocycles. The molecule has 2 aromatic carbocycles. The van der Waals surface area contributed by atoms with Crippen molar-refractivity contribution in [3.63, 3.8) is 0 Å². The number of hydrogen-bond donors (Lipinski definition) is 2. The largest absolute Gasteiger partial charge is 0.497 e. The van der Waals surface area contributed by atoms with Gasteiger partial charge in [0.15, 0.2) is 6.29 Å². The van der Waals surface area contributed by atoms with Gasteiger partial charge in [-0.15, -0.1) is 0 Å². The van der Waals surface area contributed by atoms with Crippen molar-refractivity contribution in [1.82, 2.24) is 14.5 Å². The van der Waals surface area contributed by atoms with Gasteiger partial charge >= 0.3 is 6.09 Å². The fraction of sp³-hybridized carbons (Fsp3) is 0.594. The molecule has 0 saturated carbocycles. The van der Waals surface area contributed by atoms with Gasteiger partial charge in [0.1, 0.15) is 11.9 Å². The topological polar surface area (TPSA) is 127 Å². The summed E-state index contributed by atoms with van der Waals surface area (Å²) in [4.78, 5) is 15.3. The van der Waals surface area contributed by atoms with Crippen LogP contribution in [0.25, 0.3) is 0 Å². The van der Waals surface area contributed by atoms with E-state index in [1.807, 2.05) is 58.3 Å². The summed E-state index contributed by atoms with van der Waals surface area (Å²) in [6, 6.07) is 14.8. The Balaban J connectivity index is 1.56. The van der Waals surface area contributed by atoms with Crippen LogP contribution in [0.2, 0.25) is 0 Å². The molecule has 244 valence electrons. The molecule has 0 radical (unpaired) electrons. The van der Waals surface area contributed by atoms with Crippen molar-refractivity contribution in [2.45, 2.75) is 62.5 Å². The van der Waals surface area contributed by atoms with Crippen LogP contribution in [0.5, 0.6) is 5.75 Å². The van der Waals surface area contributed by atoms with Crippen LogP contribution >= 0.6 is 0 Å². The lowest BCUT2D eigenvalue weighted by Crippen LogP contribution is -2.52. The Bertz CT molecular complexity index is 1310. The Kier molecular flexibility index (Phi) is 11.7.